The highest BCUT2D eigenvalue weighted by atomic mass is 35.5. The van der Waals surface area contributed by atoms with E-state index >= 15 is 0 Å². The number of amides is 1. The van der Waals surface area contributed by atoms with Gasteiger partial charge < -0.3 is 25.0 Å². The normalized spacial score (nSPS) is 17.0. The lowest BCUT2D eigenvalue weighted by Crippen LogP contribution is -2.55. The van der Waals surface area contributed by atoms with E-state index in [1.165, 1.54) is 6.20 Å². The quantitative estimate of drug-likeness (QED) is 0.458. The number of nitrogens with zero attached hydrogens (tertiary/aromatic N) is 6. The van der Waals surface area contributed by atoms with E-state index in [0.29, 0.717) is 37.0 Å². The van der Waals surface area contributed by atoms with Gasteiger partial charge in [0.2, 0.25) is 11.8 Å². The molecule has 0 aliphatic carbocycles. The van der Waals surface area contributed by atoms with Crippen LogP contribution in [0.3, 0.4) is 0 Å². The van der Waals surface area contributed by atoms with Crippen LogP contribution < -0.4 is 19.9 Å². The largest absolute Gasteiger partial charge is 0.436 e. The lowest BCUT2D eigenvalue weighted by molar-refractivity contribution is -0.141. The van der Waals surface area contributed by atoms with E-state index in [-0.39, 0.29) is 24.1 Å². The van der Waals surface area contributed by atoms with Crippen molar-refractivity contribution in [3.05, 3.63) is 52.6 Å². The molecule has 0 aromatic carbocycles. The number of aromatic nitrogens is 4. The van der Waals surface area contributed by atoms with E-state index in [1.807, 2.05) is 0 Å². The van der Waals surface area contributed by atoms with Gasteiger partial charge in [-0.3, -0.25) is 4.79 Å². The summed E-state index contributed by atoms with van der Waals surface area (Å²) in [6.07, 6.45) is -1.61. The number of hydrogen-bond acceptors (Lipinski definition) is 9. The fourth-order valence-electron chi connectivity index (χ4n) is 4.22. The van der Waals surface area contributed by atoms with E-state index in [9.17, 15) is 23.1 Å². The summed E-state index contributed by atoms with van der Waals surface area (Å²) < 4.78 is 43.8. The zero-order valence-corrected chi connectivity index (χ0v) is 20.2. The summed E-state index contributed by atoms with van der Waals surface area (Å²) in [5, 5.41) is 12.5. The molecule has 1 atom stereocenters. The van der Waals surface area contributed by atoms with Crippen LogP contribution >= 0.6 is 11.6 Å². The minimum absolute atomic E-state index is 0.0534. The third-order valence-electron chi connectivity index (χ3n) is 6.10. The lowest BCUT2D eigenvalue weighted by Gasteiger charge is -2.42. The second-order valence-corrected chi connectivity index (χ2v) is 8.87. The maximum absolute atomic E-state index is 12.8. The Morgan fingerprint density at radius 1 is 1.22 bits per heavy atom. The zero-order chi connectivity index (χ0) is 26.3. The van der Waals surface area contributed by atoms with Crippen LogP contribution in [0.2, 0.25) is 5.15 Å². The van der Waals surface area contributed by atoms with Crippen LogP contribution in [0.15, 0.2) is 30.5 Å². The molecule has 37 heavy (non-hydrogen) atoms. The SMILES string of the molecule is CN1c2nc(NCc3ccc(Oc4ccc(C(F)(F)F)nc4Cl)nc3)nc3c2N(CCC3)C(=O)[C@@H]1CO. The Balaban J connectivity index is 1.29. The average molecular weight is 536 g/mol. The van der Waals surface area contributed by atoms with Crippen molar-refractivity contribution in [2.24, 2.45) is 0 Å². The minimum atomic E-state index is -4.61. The van der Waals surface area contributed by atoms with Crippen molar-refractivity contribution in [2.45, 2.75) is 31.6 Å². The minimum Gasteiger partial charge on any atom is -0.436 e. The summed E-state index contributed by atoms with van der Waals surface area (Å²) in [6.45, 7) is 0.568. The van der Waals surface area contributed by atoms with Crippen LogP contribution in [-0.2, 0) is 23.9 Å². The summed E-state index contributed by atoms with van der Waals surface area (Å²) in [5.41, 5.74) is 1.10. The van der Waals surface area contributed by atoms with Gasteiger partial charge in [-0.05, 0) is 30.5 Å². The fourth-order valence-corrected chi connectivity index (χ4v) is 4.41. The molecular formula is C23H21ClF3N7O3. The Labute approximate surface area is 214 Å². The summed E-state index contributed by atoms with van der Waals surface area (Å²) in [5.74, 6) is 0.862. The molecule has 2 aliphatic rings. The second kappa shape index (κ2) is 9.63. The predicted molar refractivity (Wildman–Crippen MR) is 128 cm³/mol. The standard InChI is InChI=1S/C23H21ClF3N7O3/c1-33-14(11-35)21(36)34-8-2-3-13-18(34)20(33)32-22(30-13)29-10-12-4-7-17(28-9-12)37-15-5-6-16(23(25,26)27)31-19(15)24/h4-7,9,14,35H,2-3,8,10-11H2,1H3,(H,29,30,32)/t14-/m0/s1. The van der Waals surface area contributed by atoms with Crippen LogP contribution in [0.5, 0.6) is 11.6 Å². The van der Waals surface area contributed by atoms with Gasteiger partial charge in [0.25, 0.3) is 5.91 Å². The maximum atomic E-state index is 12.8. The Hall–Kier alpha value is -3.71. The van der Waals surface area contributed by atoms with Crippen LogP contribution in [-0.4, -0.2) is 57.2 Å². The molecular weight excluding hydrogens is 515 g/mol. The number of aryl methyl sites for hydroxylation is 1. The third kappa shape index (κ3) is 4.83. The van der Waals surface area contributed by atoms with Crippen molar-refractivity contribution in [3.8, 4) is 11.6 Å². The molecule has 3 aromatic rings. The molecule has 10 nitrogen and oxygen atoms in total. The van der Waals surface area contributed by atoms with Gasteiger partial charge in [-0.1, -0.05) is 17.7 Å². The second-order valence-electron chi connectivity index (χ2n) is 8.51. The fraction of sp³-hybridized carbons (Fsp3) is 0.348. The maximum Gasteiger partial charge on any atom is 0.433 e. The number of halogens is 4. The van der Waals surface area contributed by atoms with E-state index in [0.717, 1.165) is 29.8 Å². The zero-order valence-electron chi connectivity index (χ0n) is 19.5. The van der Waals surface area contributed by atoms with Gasteiger partial charge in [0.05, 0.1) is 12.3 Å². The molecule has 5 rings (SSSR count). The number of pyridine rings is 2. The number of aliphatic hydroxyl groups is 1. The van der Waals surface area contributed by atoms with Crippen LogP contribution in [0.1, 0.15) is 23.4 Å². The summed E-state index contributed by atoms with van der Waals surface area (Å²) in [4.78, 5) is 32.7. The Morgan fingerprint density at radius 2 is 2.03 bits per heavy atom. The number of likely N-dealkylation sites (N-methyl/N-ethyl adjacent to an activating group) is 1. The van der Waals surface area contributed by atoms with E-state index in [1.54, 1.807) is 29.0 Å². The molecule has 0 spiro atoms. The Bertz CT molecular complexity index is 1340. The molecule has 1 amide bonds. The number of carbonyl (C=O) groups is 1. The van der Waals surface area contributed by atoms with Crippen molar-refractivity contribution in [2.75, 3.05) is 35.3 Å². The Kier molecular flexibility index (Phi) is 6.50. The number of aliphatic hydroxyl groups excluding tert-OH is 1. The van der Waals surface area contributed by atoms with Crippen molar-refractivity contribution in [1.29, 1.82) is 0 Å². The van der Waals surface area contributed by atoms with Gasteiger partial charge in [-0.25, -0.2) is 15.0 Å². The third-order valence-corrected chi connectivity index (χ3v) is 6.37. The first-order valence-electron chi connectivity index (χ1n) is 11.3. The molecule has 2 aliphatic heterocycles. The number of nitrogens with one attached hydrogen (secondary N) is 1. The van der Waals surface area contributed by atoms with Crippen molar-refractivity contribution < 1.29 is 27.8 Å². The van der Waals surface area contributed by atoms with Crippen molar-refractivity contribution in [1.82, 2.24) is 19.9 Å². The van der Waals surface area contributed by atoms with E-state index < -0.39 is 23.1 Å². The summed E-state index contributed by atoms with van der Waals surface area (Å²) in [6, 6.07) is 4.43. The molecule has 0 unspecified atom stereocenters. The number of carbonyl (C=O) groups excluding carboxylic acids is 1. The van der Waals surface area contributed by atoms with Gasteiger partial charge in [-0.15, -0.1) is 0 Å². The number of rotatable bonds is 6. The highest BCUT2D eigenvalue weighted by molar-refractivity contribution is 6.30. The van der Waals surface area contributed by atoms with Gasteiger partial charge in [0, 0.05) is 32.4 Å². The average Bonchev–Trinajstić information content (AvgIpc) is 2.87. The number of hydrogen-bond donors (Lipinski definition) is 2. The molecule has 3 aromatic heterocycles. The van der Waals surface area contributed by atoms with E-state index in [4.69, 9.17) is 16.3 Å². The van der Waals surface area contributed by atoms with Gasteiger partial charge >= 0.3 is 6.18 Å². The molecule has 0 bridgehead atoms. The molecule has 2 N–H and O–H groups in total. The molecule has 14 heteroatoms. The number of anilines is 3. The van der Waals surface area contributed by atoms with Gasteiger partial charge in [0.15, 0.2) is 16.7 Å². The van der Waals surface area contributed by atoms with Crippen LogP contribution in [0.25, 0.3) is 0 Å². The van der Waals surface area contributed by atoms with Gasteiger partial charge in [0.1, 0.15) is 17.4 Å². The monoisotopic (exact) mass is 535 g/mol. The topological polar surface area (TPSA) is 117 Å². The summed E-state index contributed by atoms with van der Waals surface area (Å²) in [7, 11) is 1.72. The lowest BCUT2D eigenvalue weighted by atomic mass is 10.0. The van der Waals surface area contributed by atoms with Gasteiger partial charge in [-0.2, -0.15) is 18.2 Å². The molecule has 0 radical (unpaired) electrons. The smallest absolute Gasteiger partial charge is 0.433 e. The van der Waals surface area contributed by atoms with Crippen molar-refractivity contribution in [3.63, 3.8) is 0 Å². The van der Waals surface area contributed by atoms with E-state index in [2.05, 4.69) is 25.3 Å². The Morgan fingerprint density at radius 3 is 2.70 bits per heavy atom. The molecule has 194 valence electrons. The summed E-state index contributed by atoms with van der Waals surface area (Å²) >= 11 is 5.83. The molecule has 0 fully saturated rings. The molecule has 5 heterocycles. The molecule has 0 saturated carbocycles. The number of alkyl halides is 3. The molecule has 0 saturated heterocycles. The van der Waals surface area contributed by atoms with Crippen LogP contribution in [0.4, 0.5) is 30.6 Å². The first-order chi connectivity index (χ1) is 17.7. The highest BCUT2D eigenvalue weighted by Gasteiger charge is 2.40. The van der Waals surface area contributed by atoms with Crippen molar-refractivity contribution >= 4 is 35.0 Å². The highest BCUT2D eigenvalue weighted by Crippen LogP contribution is 2.40. The predicted octanol–water partition coefficient (Wildman–Crippen LogP) is 3.43. The first-order valence-corrected chi connectivity index (χ1v) is 11.7. The number of ether oxygens (including phenoxy) is 1. The first kappa shape index (κ1) is 25.0. The van der Waals surface area contributed by atoms with Crippen LogP contribution in [0, 0.1) is 0 Å².